The van der Waals surface area contributed by atoms with Gasteiger partial charge in [-0.25, -0.2) is 0 Å². The largest absolute Gasteiger partial charge is 0.313 e. The second-order valence-corrected chi connectivity index (χ2v) is 8.12. The fraction of sp³-hybridized carbons (Fsp3) is 0.269. The number of nitrogens with one attached hydrogen (secondary N) is 1. The Morgan fingerprint density at radius 1 is 0.931 bits per heavy atom. The minimum Gasteiger partial charge on any atom is -0.313 e. The van der Waals surface area contributed by atoms with E-state index in [2.05, 4.69) is 76.9 Å². The molecule has 2 aliphatic rings. The van der Waals surface area contributed by atoms with Crippen LogP contribution in [-0.2, 0) is 16.8 Å². The van der Waals surface area contributed by atoms with Crippen LogP contribution in [0.1, 0.15) is 28.2 Å². The summed E-state index contributed by atoms with van der Waals surface area (Å²) in [6, 6.07) is 29.4. The van der Waals surface area contributed by atoms with Crippen LogP contribution in [0, 0.1) is 0 Å². The Morgan fingerprint density at radius 3 is 2.41 bits per heavy atom. The highest BCUT2D eigenvalue weighted by Gasteiger charge is 2.51. The van der Waals surface area contributed by atoms with E-state index in [1.54, 1.807) is 0 Å². The lowest BCUT2D eigenvalue weighted by Gasteiger charge is -2.52. The van der Waals surface area contributed by atoms with E-state index in [9.17, 15) is 4.79 Å². The predicted molar refractivity (Wildman–Crippen MR) is 116 cm³/mol. The summed E-state index contributed by atoms with van der Waals surface area (Å²) in [6.45, 7) is 3.36. The van der Waals surface area contributed by atoms with E-state index < -0.39 is 5.54 Å². The van der Waals surface area contributed by atoms with Crippen LogP contribution in [0.5, 0.6) is 0 Å². The van der Waals surface area contributed by atoms with Crippen molar-refractivity contribution in [3.05, 3.63) is 107 Å². The van der Waals surface area contributed by atoms with Crippen molar-refractivity contribution < 1.29 is 4.79 Å². The molecule has 0 aliphatic carbocycles. The van der Waals surface area contributed by atoms with Crippen molar-refractivity contribution >= 4 is 5.78 Å². The molecule has 5 rings (SSSR count). The van der Waals surface area contributed by atoms with Crippen molar-refractivity contribution in [2.24, 2.45) is 0 Å². The number of piperazine rings is 1. The molecule has 1 saturated heterocycles. The number of hydrogen-bond donors (Lipinski definition) is 1. The molecule has 0 bridgehead atoms. The third-order valence-corrected chi connectivity index (χ3v) is 6.53. The van der Waals surface area contributed by atoms with E-state index in [1.165, 1.54) is 16.7 Å². The van der Waals surface area contributed by atoms with Gasteiger partial charge in [-0.3, -0.25) is 9.69 Å². The summed E-state index contributed by atoms with van der Waals surface area (Å²) >= 11 is 0. The second-order valence-electron chi connectivity index (χ2n) is 8.12. The zero-order valence-corrected chi connectivity index (χ0v) is 16.6. The molecule has 0 spiro atoms. The molecular weight excluding hydrogens is 356 g/mol. The maximum Gasteiger partial charge on any atom is 0.163 e. The number of benzene rings is 3. The first kappa shape index (κ1) is 18.3. The average molecular weight is 383 g/mol. The number of Topliss-reactive ketones (excluding diaryl/α,β-unsaturated/α-hetero) is 1. The summed E-state index contributed by atoms with van der Waals surface area (Å²) in [5.74, 6) is 0.581. The Balaban J connectivity index is 1.61. The molecular formula is C26H26N2O. The first-order valence-corrected chi connectivity index (χ1v) is 10.5. The summed E-state index contributed by atoms with van der Waals surface area (Å²) < 4.78 is 0. The van der Waals surface area contributed by atoms with Gasteiger partial charge in [-0.05, 0) is 22.3 Å². The molecule has 0 amide bonds. The van der Waals surface area contributed by atoms with Gasteiger partial charge in [0.25, 0.3) is 0 Å². The third-order valence-electron chi connectivity index (χ3n) is 6.53. The van der Waals surface area contributed by atoms with Gasteiger partial charge in [0.15, 0.2) is 5.78 Å². The van der Waals surface area contributed by atoms with Crippen LogP contribution in [0.3, 0.4) is 0 Å². The first-order valence-electron chi connectivity index (χ1n) is 10.5. The predicted octanol–water partition coefficient (Wildman–Crippen LogP) is 3.74. The Bertz CT molecular complexity index is 1000. The summed E-state index contributed by atoms with van der Waals surface area (Å²) in [7, 11) is 0. The lowest BCUT2D eigenvalue weighted by atomic mass is 9.70. The van der Waals surface area contributed by atoms with Crippen molar-refractivity contribution in [1.29, 1.82) is 0 Å². The van der Waals surface area contributed by atoms with Crippen LogP contribution in [0.25, 0.3) is 0 Å². The van der Waals surface area contributed by atoms with Crippen molar-refractivity contribution in [3.63, 3.8) is 0 Å². The van der Waals surface area contributed by atoms with Crippen LogP contribution in [0.4, 0.5) is 0 Å². The van der Waals surface area contributed by atoms with E-state index in [1.807, 2.05) is 18.2 Å². The number of nitrogens with zero attached hydrogens (tertiary/aromatic N) is 1. The maximum atomic E-state index is 13.8. The SMILES string of the molecule is O=C(Cc1ccccc1)[C@]12CNCCN1C[C@H](c1ccccc1)c1ccccc12. The van der Waals surface area contributed by atoms with E-state index >= 15 is 0 Å². The van der Waals surface area contributed by atoms with E-state index in [0.29, 0.717) is 18.9 Å². The standard InChI is InChI=1S/C26H26N2O/c29-25(17-20-9-3-1-4-10-20)26-19-27-15-16-28(26)18-23(21-11-5-2-6-12-21)22-13-7-8-14-24(22)26/h1-14,23,27H,15-19H2/t23-,26-/m1/s1. The highest BCUT2D eigenvalue weighted by molar-refractivity contribution is 5.92. The van der Waals surface area contributed by atoms with Crippen LogP contribution in [0.15, 0.2) is 84.9 Å². The van der Waals surface area contributed by atoms with Crippen LogP contribution in [-0.4, -0.2) is 36.9 Å². The molecule has 1 fully saturated rings. The molecule has 3 nitrogen and oxygen atoms in total. The van der Waals surface area contributed by atoms with Gasteiger partial charge in [0, 0.05) is 38.5 Å². The van der Waals surface area contributed by atoms with E-state index in [4.69, 9.17) is 0 Å². The van der Waals surface area contributed by atoms with Gasteiger partial charge in [0.2, 0.25) is 0 Å². The molecule has 2 aliphatic heterocycles. The molecule has 0 unspecified atom stereocenters. The van der Waals surface area contributed by atoms with Crippen molar-refractivity contribution in [2.75, 3.05) is 26.2 Å². The quantitative estimate of drug-likeness (QED) is 0.746. The van der Waals surface area contributed by atoms with Gasteiger partial charge < -0.3 is 5.32 Å². The molecule has 0 saturated carbocycles. The van der Waals surface area contributed by atoms with Crippen molar-refractivity contribution in [2.45, 2.75) is 17.9 Å². The molecule has 3 aromatic rings. The van der Waals surface area contributed by atoms with Crippen LogP contribution < -0.4 is 5.32 Å². The zero-order chi connectivity index (χ0) is 19.7. The number of hydrogen-bond acceptors (Lipinski definition) is 3. The minimum absolute atomic E-state index is 0.287. The summed E-state index contributed by atoms with van der Waals surface area (Å²) in [4.78, 5) is 16.3. The number of ketones is 1. The highest BCUT2D eigenvalue weighted by Crippen LogP contribution is 2.44. The number of carbonyl (C=O) groups is 1. The molecule has 29 heavy (non-hydrogen) atoms. The lowest BCUT2D eigenvalue weighted by Crippen LogP contribution is -2.66. The third kappa shape index (κ3) is 3.11. The Kier molecular flexibility index (Phi) is 4.78. The smallest absolute Gasteiger partial charge is 0.163 e. The minimum atomic E-state index is -0.587. The lowest BCUT2D eigenvalue weighted by molar-refractivity contribution is -0.134. The summed E-state index contributed by atoms with van der Waals surface area (Å²) in [6.07, 6.45) is 0.462. The molecule has 2 heterocycles. The van der Waals surface area contributed by atoms with Crippen molar-refractivity contribution in [3.8, 4) is 0 Å². The Hall–Kier alpha value is -2.75. The van der Waals surface area contributed by atoms with Gasteiger partial charge >= 0.3 is 0 Å². The van der Waals surface area contributed by atoms with Gasteiger partial charge in [-0.15, -0.1) is 0 Å². The van der Waals surface area contributed by atoms with E-state index in [0.717, 1.165) is 25.2 Å². The Labute approximate surface area is 172 Å². The van der Waals surface area contributed by atoms with Crippen molar-refractivity contribution in [1.82, 2.24) is 10.2 Å². The first-order chi connectivity index (χ1) is 14.3. The average Bonchev–Trinajstić information content (AvgIpc) is 2.79. The van der Waals surface area contributed by atoms with Gasteiger partial charge in [-0.2, -0.15) is 0 Å². The molecule has 0 radical (unpaired) electrons. The van der Waals surface area contributed by atoms with Gasteiger partial charge in [0.05, 0.1) is 0 Å². The number of fused-ring (bicyclic) bond motifs is 3. The second kappa shape index (κ2) is 7.58. The fourth-order valence-corrected chi connectivity index (χ4v) is 5.12. The summed E-state index contributed by atoms with van der Waals surface area (Å²) in [5, 5.41) is 3.52. The molecule has 3 aromatic carbocycles. The van der Waals surface area contributed by atoms with Gasteiger partial charge in [-0.1, -0.05) is 84.9 Å². The molecule has 2 atom stereocenters. The summed E-state index contributed by atoms with van der Waals surface area (Å²) in [5.41, 5.74) is 4.28. The molecule has 0 aromatic heterocycles. The zero-order valence-electron chi connectivity index (χ0n) is 16.6. The van der Waals surface area contributed by atoms with Gasteiger partial charge in [0.1, 0.15) is 5.54 Å². The highest BCUT2D eigenvalue weighted by atomic mass is 16.1. The maximum absolute atomic E-state index is 13.8. The number of carbonyl (C=O) groups excluding carboxylic acids is 1. The fourth-order valence-electron chi connectivity index (χ4n) is 5.12. The molecule has 1 N–H and O–H groups in total. The topological polar surface area (TPSA) is 32.3 Å². The number of rotatable bonds is 4. The molecule has 3 heteroatoms. The van der Waals surface area contributed by atoms with E-state index in [-0.39, 0.29) is 5.78 Å². The normalized spacial score (nSPS) is 23.8. The monoisotopic (exact) mass is 382 g/mol. The van der Waals surface area contributed by atoms with Crippen LogP contribution in [0.2, 0.25) is 0 Å². The Morgan fingerprint density at radius 2 is 1.62 bits per heavy atom. The molecule has 146 valence electrons. The van der Waals surface area contributed by atoms with Crippen LogP contribution >= 0.6 is 0 Å².